The molecule has 36 heteroatoms. The van der Waals surface area contributed by atoms with Gasteiger partial charge in [0.1, 0.15) is 24.4 Å². The van der Waals surface area contributed by atoms with Crippen LogP contribution in [0.5, 0.6) is 0 Å². The lowest BCUT2D eigenvalue weighted by Gasteiger charge is -2.47. The molecule has 0 saturated carbocycles. The van der Waals surface area contributed by atoms with Crippen LogP contribution in [-0.2, 0) is 94.7 Å². The van der Waals surface area contributed by atoms with Crippen LogP contribution in [0.15, 0.2) is 369 Å². The SMILES string of the molecule is [N-]=[N+]=NCCOC1OC(CO[C@@H]2O[C@H](COC3OC(CO[C@@H]4O[C@H](CO)C(OC(=O)c5ccccc5)[C@H](OC(=O)c5ccccc5)C4OC(=O)c4ccccc4)[C@@H](OC(=O)c4ccccc4)C(OC(=O)c4ccccc4)[C@H]3OC(=O)c3ccccc3)C(OC(=O)c3ccccc3)[C@H](OC(=O)c3ccccc3)C2OC(=O)c2ccccc2)[C@@H](OC(=O)c2ccccc2)C(OC(=O)c2ccccc2)[C@H]1OC(=O)c1ccccc1. The van der Waals surface area contributed by atoms with Crippen molar-refractivity contribution in [1.29, 1.82) is 0 Å². The second kappa shape index (κ2) is 50.3. The van der Waals surface area contributed by atoms with Crippen LogP contribution in [0.2, 0.25) is 0 Å². The Morgan fingerprint density at radius 3 is 0.521 bits per heavy atom. The average Bonchev–Trinajstić information content (AvgIpc) is 0.768. The van der Waals surface area contributed by atoms with Gasteiger partial charge in [-0.15, -0.1) is 0 Å². The third-order valence-corrected chi connectivity index (χ3v) is 23.4. The van der Waals surface area contributed by atoms with Crippen LogP contribution in [-0.4, -0.2) is 239 Å². The molecule has 0 radical (unpaired) electrons. The van der Waals surface area contributed by atoms with E-state index >= 15 is 33.6 Å². The van der Waals surface area contributed by atoms with E-state index in [1.165, 1.54) is 279 Å². The van der Waals surface area contributed by atoms with E-state index in [0.29, 0.717) is 0 Å². The van der Waals surface area contributed by atoms with E-state index in [0.717, 1.165) is 0 Å². The minimum absolute atomic E-state index is 0.0237. The maximum Gasteiger partial charge on any atom is 0.338 e. The number of hydrogen-bond acceptors (Lipinski definition) is 34. The van der Waals surface area contributed by atoms with Gasteiger partial charge < -0.3 is 99.8 Å². The van der Waals surface area contributed by atoms with E-state index in [4.69, 9.17) is 94.7 Å². The lowest BCUT2D eigenvalue weighted by molar-refractivity contribution is -0.344. The molecule has 746 valence electrons. The zero-order valence-electron chi connectivity index (χ0n) is 77.3. The largest absolute Gasteiger partial charge is 0.452 e. The number of aliphatic hydroxyl groups excluding tert-OH is 1. The average molecular weight is 1980 g/mol. The predicted molar refractivity (Wildman–Crippen MR) is 507 cm³/mol. The number of aliphatic hydroxyl groups is 1. The van der Waals surface area contributed by atoms with E-state index in [1.54, 1.807) is 84.9 Å². The van der Waals surface area contributed by atoms with Gasteiger partial charge in [0, 0.05) is 11.5 Å². The van der Waals surface area contributed by atoms with Gasteiger partial charge in [0.15, 0.2) is 98.4 Å². The molecule has 1 N–H and O–H groups in total. The van der Waals surface area contributed by atoms with Gasteiger partial charge in [-0.2, -0.15) is 0 Å². The normalized spacial score (nSPS) is 23.5. The van der Waals surface area contributed by atoms with Gasteiger partial charge in [0.2, 0.25) is 0 Å². The van der Waals surface area contributed by atoms with Crippen molar-refractivity contribution < 1.29 is 157 Å². The van der Waals surface area contributed by atoms with Crippen LogP contribution in [0.4, 0.5) is 0 Å². The van der Waals surface area contributed by atoms with Crippen molar-refractivity contribution in [3.05, 3.63) is 441 Å². The molecule has 10 unspecified atom stereocenters. The second-order valence-corrected chi connectivity index (χ2v) is 33.0. The molecule has 0 bridgehead atoms. The summed E-state index contributed by atoms with van der Waals surface area (Å²) < 4.78 is 132. The van der Waals surface area contributed by atoms with E-state index in [-0.39, 0.29) is 66.8 Å². The van der Waals surface area contributed by atoms with Crippen LogP contribution < -0.4 is 0 Å². The summed E-state index contributed by atoms with van der Waals surface area (Å²) in [4.78, 5) is 184. The fourth-order valence-corrected chi connectivity index (χ4v) is 16.2. The highest BCUT2D eigenvalue weighted by molar-refractivity contribution is 5.96. The Hall–Kier alpha value is -16.8. The Balaban J connectivity index is 0.849. The first-order chi connectivity index (χ1) is 71.3. The molecular weight excluding hydrogens is 1890 g/mol. The third kappa shape index (κ3) is 26.2. The number of azide groups is 1. The molecule has 20 atom stereocenters. The van der Waals surface area contributed by atoms with E-state index in [2.05, 4.69) is 10.0 Å². The fraction of sp³-hybridized carbons (Fsp3) is 0.236. The number of nitrogens with zero attached hydrogens (tertiary/aromatic N) is 3. The standard InChI is InChI=1S/C110H93N3O33/c111-113-112-61-62-127-107-91(143-103(123)75-53-29-9-30-54-75)88(140-100(120)72-47-23-6-24-48-72)84(136-96(116)68-39-15-2-16-40-68)80(132-107)64-129-109-93(145-105(125)77-57-33-11-34-58-77)90(142-102(122)74-51-27-8-28-52-74)86(138-98(118)70-43-19-4-20-44-70)82(134-109)66-130-110-94(146-106(126)78-59-35-12-36-60-78)89(141-101(121)73-49-25-7-26-50-73)85(137-97(117)69-41-17-3-18-42-69)81(133-110)65-128-108-92(144-104(124)76-55-31-10-32-56-76)87(139-99(119)71-45-21-5-22-46-71)83(79(63-114)131-108)135-95(115)67-37-13-1-14-38-67/h1-60,79-94,107-110,114H,61-66H2/t79-,80?,81?,82-,83?,84-,85-,86?,87+,88?,89?,90+,91-,92?,93?,94-,107?,108-,109-,110?/m1/s1. The van der Waals surface area contributed by atoms with Crippen LogP contribution in [0, 0.1) is 0 Å². The molecule has 12 aromatic carbocycles. The van der Waals surface area contributed by atoms with Gasteiger partial charge in [-0.25, -0.2) is 57.5 Å². The molecule has 0 spiro atoms. The van der Waals surface area contributed by atoms with Crippen molar-refractivity contribution in [1.82, 2.24) is 0 Å². The minimum Gasteiger partial charge on any atom is -0.452 e. The molecule has 0 amide bonds. The zero-order chi connectivity index (χ0) is 102. The molecule has 16 rings (SSSR count). The van der Waals surface area contributed by atoms with Gasteiger partial charge in [-0.05, 0) is 151 Å². The van der Waals surface area contributed by atoms with Crippen LogP contribution >= 0.6 is 0 Å². The molecule has 36 nitrogen and oxygen atoms in total. The molecule has 4 saturated heterocycles. The fourth-order valence-electron chi connectivity index (χ4n) is 16.2. The zero-order valence-corrected chi connectivity index (χ0v) is 77.3. The summed E-state index contributed by atoms with van der Waals surface area (Å²) in [7, 11) is 0. The van der Waals surface area contributed by atoms with Gasteiger partial charge in [0.25, 0.3) is 0 Å². The van der Waals surface area contributed by atoms with Gasteiger partial charge in [-0.1, -0.05) is 224 Å². The molecule has 4 aliphatic rings. The quantitative estimate of drug-likeness (QED) is 0.00937. The smallest absolute Gasteiger partial charge is 0.338 e. The Labute approximate surface area is 833 Å². The lowest BCUT2D eigenvalue weighted by atomic mass is 9.96. The number of carbonyl (C=O) groups excluding carboxylic acids is 12. The van der Waals surface area contributed by atoms with Crippen molar-refractivity contribution in [3.8, 4) is 0 Å². The van der Waals surface area contributed by atoms with Gasteiger partial charge in [0.05, 0.1) is 99.8 Å². The summed E-state index contributed by atoms with van der Waals surface area (Å²) in [5, 5.41) is 15.2. The molecule has 4 aliphatic heterocycles. The van der Waals surface area contributed by atoms with E-state index in [9.17, 15) is 34.6 Å². The third-order valence-electron chi connectivity index (χ3n) is 23.4. The predicted octanol–water partition coefficient (Wildman–Crippen LogP) is 14.0. The van der Waals surface area contributed by atoms with Crippen molar-refractivity contribution in [2.75, 3.05) is 39.6 Å². The van der Waals surface area contributed by atoms with E-state index < -0.39 is 234 Å². The number of carbonyl (C=O) groups is 12. The monoisotopic (exact) mass is 1980 g/mol. The molecular formula is C110H93N3O33. The minimum atomic E-state index is -2.33. The maximum atomic E-state index is 15.5. The van der Waals surface area contributed by atoms with Crippen LogP contribution in [0.3, 0.4) is 0 Å². The topological polar surface area (TPSA) is 458 Å². The molecule has 0 aliphatic carbocycles. The number of benzene rings is 12. The second-order valence-electron chi connectivity index (χ2n) is 33.0. The highest BCUT2D eigenvalue weighted by Gasteiger charge is 2.61. The maximum absolute atomic E-state index is 15.5. The van der Waals surface area contributed by atoms with Crippen molar-refractivity contribution in [3.63, 3.8) is 0 Å². The molecule has 4 fully saturated rings. The number of rotatable bonds is 38. The Morgan fingerprint density at radius 1 is 0.212 bits per heavy atom. The summed E-state index contributed by atoms with van der Waals surface area (Å²) >= 11 is 0. The number of esters is 12. The number of ether oxygens (including phenoxy) is 20. The Morgan fingerprint density at radius 2 is 0.356 bits per heavy atom. The van der Waals surface area contributed by atoms with Crippen molar-refractivity contribution >= 4 is 71.6 Å². The lowest BCUT2D eigenvalue weighted by Crippen LogP contribution is -2.66. The van der Waals surface area contributed by atoms with Crippen molar-refractivity contribution in [2.24, 2.45) is 5.11 Å². The Bertz CT molecular complexity index is 6460. The first kappa shape index (κ1) is 102. The first-order valence-corrected chi connectivity index (χ1v) is 46.1. The van der Waals surface area contributed by atoms with Crippen molar-refractivity contribution in [2.45, 2.75) is 123 Å². The molecule has 4 heterocycles. The first-order valence-electron chi connectivity index (χ1n) is 46.1. The Kier molecular flexibility index (Phi) is 35.2. The van der Waals surface area contributed by atoms with E-state index in [1.807, 2.05) is 0 Å². The highest BCUT2D eigenvalue weighted by atomic mass is 16.8. The van der Waals surface area contributed by atoms with Crippen LogP contribution in [0.25, 0.3) is 10.4 Å². The van der Waals surface area contributed by atoms with Crippen LogP contribution in [0.1, 0.15) is 124 Å². The summed E-state index contributed by atoms with van der Waals surface area (Å²) in [6, 6.07) is 88.9. The summed E-state index contributed by atoms with van der Waals surface area (Å²) in [5.74, 6) is -13.5. The highest BCUT2D eigenvalue weighted by Crippen LogP contribution is 2.40. The number of hydrogen-bond donors (Lipinski definition) is 1. The van der Waals surface area contributed by atoms with Gasteiger partial charge in [-0.3, -0.25) is 0 Å². The molecule has 12 aromatic rings. The summed E-state index contributed by atoms with van der Waals surface area (Å²) in [6.07, 6.45) is -41.7. The summed E-state index contributed by atoms with van der Waals surface area (Å²) in [6.45, 7) is -5.22. The molecule has 0 aromatic heterocycles. The summed E-state index contributed by atoms with van der Waals surface area (Å²) in [5.41, 5.74) is 8.29. The molecule has 146 heavy (non-hydrogen) atoms. The van der Waals surface area contributed by atoms with Gasteiger partial charge >= 0.3 is 71.6 Å².